The molecule has 2 unspecified atom stereocenters. The summed E-state index contributed by atoms with van der Waals surface area (Å²) in [6.45, 7) is 0. The molecule has 1 aromatic carbocycles. The summed E-state index contributed by atoms with van der Waals surface area (Å²) in [4.78, 5) is 0. The summed E-state index contributed by atoms with van der Waals surface area (Å²) in [7, 11) is 0. The van der Waals surface area contributed by atoms with Gasteiger partial charge in [0.1, 0.15) is 5.82 Å². The van der Waals surface area contributed by atoms with Crippen LogP contribution in [0.1, 0.15) is 37.7 Å². The first-order valence-corrected chi connectivity index (χ1v) is 7.46. The minimum absolute atomic E-state index is 0.184. The van der Waals surface area contributed by atoms with Crippen LogP contribution >= 0.6 is 27.5 Å². The lowest BCUT2D eigenvalue weighted by Crippen LogP contribution is -2.09. The van der Waals surface area contributed by atoms with Gasteiger partial charge in [-0.05, 0) is 42.9 Å². The highest BCUT2D eigenvalue weighted by Crippen LogP contribution is 2.31. The highest BCUT2D eigenvalue weighted by Gasteiger charge is 2.19. The van der Waals surface area contributed by atoms with Crippen molar-refractivity contribution in [1.29, 1.82) is 0 Å². The van der Waals surface area contributed by atoms with Crippen LogP contribution in [-0.4, -0.2) is 5.38 Å². The molecule has 0 saturated heterocycles. The quantitative estimate of drug-likeness (QED) is 0.511. The third kappa shape index (κ3) is 3.96. The van der Waals surface area contributed by atoms with E-state index in [9.17, 15) is 4.39 Å². The molecule has 0 radical (unpaired) electrons. The molecule has 1 aromatic rings. The maximum absolute atomic E-state index is 13.0. The molecule has 0 spiro atoms. The molecule has 2 rings (SSSR count). The Labute approximate surface area is 116 Å². The van der Waals surface area contributed by atoms with Crippen LogP contribution in [0.15, 0.2) is 22.7 Å². The first-order chi connectivity index (χ1) is 8.15. The van der Waals surface area contributed by atoms with Crippen molar-refractivity contribution in [3.8, 4) is 0 Å². The number of halogens is 3. The van der Waals surface area contributed by atoms with Gasteiger partial charge in [-0.3, -0.25) is 0 Å². The summed E-state index contributed by atoms with van der Waals surface area (Å²) in [5.41, 5.74) is 1.20. The topological polar surface area (TPSA) is 0 Å². The van der Waals surface area contributed by atoms with Gasteiger partial charge in [-0.15, -0.1) is 11.6 Å². The van der Waals surface area contributed by atoms with E-state index in [1.54, 1.807) is 6.07 Å². The van der Waals surface area contributed by atoms with E-state index in [2.05, 4.69) is 15.9 Å². The van der Waals surface area contributed by atoms with Crippen molar-refractivity contribution in [1.82, 2.24) is 0 Å². The molecule has 94 valence electrons. The zero-order valence-corrected chi connectivity index (χ0v) is 12.1. The Balaban J connectivity index is 2.03. The second-order valence-corrected chi connectivity index (χ2v) is 6.39. The van der Waals surface area contributed by atoms with Crippen molar-refractivity contribution < 1.29 is 4.39 Å². The fourth-order valence-electron chi connectivity index (χ4n) is 2.58. The first-order valence-electron chi connectivity index (χ1n) is 6.23. The second kappa shape index (κ2) is 6.19. The standard InChI is InChI=1S/C14H17BrClF/c15-14-9-13(17)6-5-11(14)7-10-3-1-2-4-12(16)8-10/h5-6,9-10,12H,1-4,7-8H2. The van der Waals surface area contributed by atoms with E-state index in [1.807, 2.05) is 6.07 Å². The molecule has 0 nitrogen and oxygen atoms in total. The van der Waals surface area contributed by atoms with Crippen LogP contribution < -0.4 is 0 Å². The number of hydrogen-bond donors (Lipinski definition) is 0. The van der Waals surface area contributed by atoms with E-state index < -0.39 is 0 Å². The van der Waals surface area contributed by atoms with Crippen LogP contribution in [0, 0.1) is 11.7 Å². The summed E-state index contributed by atoms with van der Waals surface area (Å²) in [6, 6.07) is 4.97. The predicted octanol–water partition coefficient (Wildman–Crippen LogP) is 5.32. The number of hydrogen-bond acceptors (Lipinski definition) is 0. The molecule has 0 aromatic heterocycles. The van der Waals surface area contributed by atoms with Gasteiger partial charge in [0.15, 0.2) is 0 Å². The van der Waals surface area contributed by atoms with Gasteiger partial charge in [0.25, 0.3) is 0 Å². The lowest BCUT2D eigenvalue weighted by molar-refractivity contribution is 0.459. The van der Waals surface area contributed by atoms with Crippen molar-refractivity contribution in [2.75, 3.05) is 0 Å². The minimum Gasteiger partial charge on any atom is -0.207 e. The highest BCUT2D eigenvalue weighted by molar-refractivity contribution is 9.10. The van der Waals surface area contributed by atoms with Gasteiger partial charge in [-0.25, -0.2) is 4.39 Å². The summed E-state index contributed by atoms with van der Waals surface area (Å²) in [5, 5.41) is 0.321. The van der Waals surface area contributed by atoms with E-state index in [-0.39, 0.29) is 5.82 Å². The molecule has 1 fully saturated rings. The Morgan fingerprint density at radius 1 is 1.29 bits per heavy atom. The predicted molar refractivity (Wildman–Crippen MR) is 74.0 cm³/mol. The molecule has 0 amide bonds. The second-order valence-electron chi connectivity index (χ2n) is 4.92. The highest BCUT2D eigenvalue weighted by atomic mass is 79.9. The Kier molecular flexibility index (Phi) is 4.87. The molecule has 0 bridgehead atoms. The lowest BCUT2D eigenvalue weighted by atomic mass is 9.92. The van der Waals surface area contributed by atoms with E-state index in [0.29, 0.717) is 11.3 Å². The van der Waals surface area contributed by atoms with E-state index in [0.717, 1.165) is 23.7 Å². The summed E-state index contributed by atoms with van der Waals surface area (Å²) < 4.78 is 13.9. The average Bonchev–Trinajstić information content (AvgIpc) is 2.47. The normalized spacial score (nSPS) is 25.6. The molecule has 1 saturated carbocycles. The monoisotopic (exact) mass is 318 g/mol. The molecular weight excluding hydrogens is 303 g/mol. The van der Waals surface area contributed by atoms with Crippen LogP contribution in [-0.2, 0) is 6.42 Å². The van der Waals surface area contributed by atoms with Crippen molar-refractivity contribution >= 4 is 27.5 Å². The Bertz CT molecular complexity index is 380. The molecule has 1 aliphatic rings. The zero-order chi connectivity index (χ0) is 12.3. The van der Waals surface area contributed by atoms with Crippen LogP contribution in [0.3, 0.4) is 0 Å². The summed E-state index contributed by atoms with van der Waals surface area (Å²) in [5.74, 6) is 0.457. The fraction of sp³-hybridized carbons (Fsp3) is 0.571. The average molecular weight is 320 g/mol. The molecule has 0 aliphatic heterocycles. The van der Waals surface area contributed by atoms with E-state index >= 15 is 0 Å². The van der Waals surface area contributed by atoms with Crippen LogP contribution in [0.2, 0.25) is 0 Å². The largest absolute Gasteiger partial charge is 0.207 e. The third-order valence-corrected chi connectivity index (χ3v) is 4.63. The molecule has 0 N–H and O–H groups in total. The SMILES string of the molecule is Fc1ccc(CC2CCCCC(Cl)C2)c(Br)c1. The van der Waals surface area contributed by atoms with Gasteiger partial charge in [-0.1, -0.05) is 41.3 Å². The molecule has 17 heavy (non-hydrogen) atoms. The van der Waals surface area contributed by atoms with Crippen LogP contribution in [0.25, 0.3) is 0 Å². The van der Waals surface area contributed by atoms with Crippen molar-refractivity contribution in [2.45, 2.75) is 43.9 Å². The molecule has 1 aliphatic carbocycles. The Morgan fingerprint density at radius 2 is 2.06 bits per heavy atom. The number of alkyl halides is 1. The van der Waals surface area contributed by atoms with Crippen LogP contribution in [0.4, 0.5) is 4.39 Å². The van der Waals surface area contributed by atoms with Crippen LogP contribution in [0.5, 0.6) is 0 Å². The van der Waals surface area contributed by atoms with Gasteiger partial charge < -0.3 is 0 Å². The maximum atomic E-state index is 13.0. The number of benzene rings is 1. The number of rotatable bonds is 2. The van der Waals surface area contributed by atoms with Gasteiger partial charge in [0.05, 0.1) is 0 Å². The van der Waals surface area contributed by atoms with Gasteiger partial charge in [-0.2, -0.15) is 0 Å². The Hall–Kier alpha value is -0.0800. The van der Waals surface area contributed by atoms with E-state index in [1.165, 1.54) is 30.9 Å². The fourth-order valence-corrected chi connectivity index (χ4v) is 3.50. The smallest absolute Gasteiger partial charge is 0.124 e. The molecule has 3 heteroatoms. The Morgan fingerprint density at radius 3 is 2.82 bits per heavy atom. The van der Waals surface area contributed by atoms with Gasteiger partial charge in [0.2, 0.25) is 0 Å². The summed E-state index contributed by atoms with van der Waals surface area (Å²) >= 11 is 9.71. The maximum Gasteiger partial charge on any atom is 0.124 e. The van der Waals surface area contributed by atoms with E-state index in [4.69, 9.17) is 11.6 Å². The van der Waals surface area contributed by atoms with Crippen molar-refractivity contribution in [3.05, 3.63) is 34.1 Å². The van der Waals surface area contributed by atoms with Crippen molar-refractivity contribution in [2.24, 2.45) is 5.92 Å². The van der Waals surface area contributed by atoms with Gasteiger partial charge >= 0.3 is 0 Å². The first kappa shape index (κ1) is 13.4. The molecular formula is C14H17BrClF. The van der Waals surface area contributed by atoms with Gasteiger partial charge in [0, 0.05) is 9.85 Å². The minimum atomic E-state index is -0.184. The zero-order valence-electron chi connectivity index (χ0n) is 9.76. The summed E-state index contributed by atoms with van der Waals surface area (Å²) in [6.07, 6.45) is 6.99. The third-order valence-electron chi connectivity index (χ3n) is 3.49. The molecule has 2 atom stereocenters. The lowest BCUT2D eigenvalue weighted by Gasteiger charge is -2.17. The molecule has 0 heterocycles. The van der Waals surface area contributed by atoms with Crippen molar-refractivity contribution in [3.63, 3.8) is 0 Å².